The topological polar surface area (TPSA) is 30.9 Å². The van der Waals surface area contributed by atoms with Gasteiger partial charge in [-0.15, -0.1) is 24.0 Å². The Kier molecular flexibility index (Phi) is 9.66. The number of guanidine groups is 1. The molecule has 0 spiro atoms. The Morgan fingerprint density at radius 2 is 2.04 bits per heavy atom. The van der Waals surface area contributed by atoms with Crippen molar-refractivity contribution in [2.45, 2.75) is 39.2 Å². The maximum absolute atomic E-state index is 4.44. The summed E-state index contributed by atoms with van der Waals surface area (Å²) in [6.07, 6.45) is 3.65. The molecule has 5 heteroatoms. The number of likely N-dealkylation sites (tertiary alicyclic amines) is 1. The van der Waals surface area contributed by atoms with Crippen LogP contribution in [-0.4, -0.2) is 62.1 Å². The van der Waals surface area contributed by atoms with Gasteiger partial charge in [-0.3, -0.25) is 9.89 Å². The Morgan fingerprint density at radius 1 is 1.33 bits per heavy atom. The molecule has 0 saturated carbocycles. The molecule has 1 aliphatic rings. The lowest BCUT2D eigenvalue weighted by molar-refractivity contribution is 0.233. The molecule has 1 heterocycles. The maximum atomic E-state index is 4.44. The van der Waals surface area contributed by atoms with Crippen LogP contribution < -0.4 is 5.32 Å². The summed E-state index contributed by atoms with van der Waals surface area (Å²) >= 11 is 0. The summed E-state index contributed by atoms with van der Waals surface area (Å²) in [5.41, 5.74) is 2.68. The van der Waals surface area contributed by atoms with Crippen LogP contribution in [0.25, 0.3) is 0 Å². The van der Waals surface area contributed by atoms with Crippen LogP contribution in [-0.2, 0) is 6.42 Å². The second kappa shape index (κ2) is 10.9. The quantitative estimate of drug-likeness (QED) is 0.416. The highest BCUT2D eigenvalue weighted by atomic mass is 127. The van der Waals surface area contributed by atoms with Gasteiger partial charge in [0.1, 0.15) is 0 Å². The third-order valence-corrected chi connectivity index (χ3v) is 4.78. The summed E-state index contributed by atoms with van der Waals surface area (Å²) in [4.78, 5) is 9.29. The van der Waals surface area contributed by atoms with Gasteiger partial charge < -0.3 is 10.2 Å². The molecular weight excluding hydrogens is 411 g/mol. The van der Waals surface area contributed by atoms with Crippen LogP contribution in [0.2, 0.25) is 0 Å². The van der Waals surface area contributed by atoms with Gasteiger partial charge in [-0.05, 0) is 44.8 Å². The third kappa shape index (κ3) is 6.24. The van der Waals surface area contributed by atoms with E-state index in [9.17, 15) is 0 Å². The molecule has 1 N–H and O–H groups in total. The van der Waals surface area contributed by atoms with Crippen molar-refractivity contribution >= 4 is 29.9 Å². The summed E-state index contributed by atoms with van der Waals surface area (Å²) in [7, 11) is 4.02. The summed E-state index contributed by atoms with van der Waals surface area (Å²) in [5.74, 6) is 1.00. The molecule has 136 valence electrons. The zero-order valence-electron chi connectivity index (χ0n) is 15.6. The van der Waals surface area contributed by atoms with Gasteiger partial charge in [0.15, 0.2) is 5.96 Å². The van der Waals surface area contributed by atoms with Crippen molar-refractivity contribution in [3.05, 3.63) is 35.4 Å². The molecule has 0 radical (unpaired) electrons. The van der Waals surface area contributed by atoms with Crippen LogP contribution in [0.15, 0.2) is 29.3 Å². The smallest absolute Gasteiger partial charge is 0.193 e. The molecule has 0 amide bonds. The molecule has 2 rings (SSSR count). The fourth-order valence-electron chi connectivity index (χ4n) is 3.38. The second-order valence-electron chi connectivity index (χ2n) is 6.51. The van der Waals surface area contributed by atoms with E-state index in [1.807, 2.05) is 7.05 Å². The first-order valence-corrected chi connectivity index (χ1v) is 8.85. The van der Waals surface area contributed by atoms with Gasteiger partial charge in [0.25, 0.3) is 0 Å². The monoisotopic (exact) mass is 444 g/mol. The first-order valence-electron chi connectivity index (χ1n) is 8.85. The van der Waals surface area contributed by atoms with E-state index >= 15 is 0 Å². The first-order chi connectivity index (χ1) is 11.1. The summed E-state index contributed by atoms with van der Waals surface area (Å²) in [5, 5.41) is 3.50. The molecule has 0 aliphatic carbocycles. The van der Waals surface area contributed by atoms with E-state index in [1.54, 1.807) is 0 Å². The van der Waals surface area contributed by atoms with E-state index in [0.29, 0.717) is 6.04 Å². The number of benzene rings is 1. The summed E-state index contributed by atoms with van der Waals surface area (Å²) in [6.45, 7) is 8.75. The standard InChI is InChI=1S/C19H32N4.HI/c1-5-23-14-6-7-18(23)15-22(4)19(20-3)21-13-12-17-10-8-16(2)9-11-17;/h8-11,18H,5-7,12-15H2,1-4H3,(H,20,21);1H. The summed E-state index contributed by atoms with van der Waals surface area (Å²) in [6, 6.07) is 9.44. The van der Waals surface area contributed by atoms with Crippen LogP contribution in [0.3, 0.4) is 0 Å². The Morgan fingerprint density at radius 3 is 2.67 bits per heavy atom. The first kappa shape index (κ1) is 21.2. The Bertz CT molecular complexity index is 501. The number of rotatable bonds is 6. The number of hydrogen-bond donors (Lipinski definition) is 1. The van der Waals surface area contributed by atoms with E-state index in [0.717, 1.165) is 32.0 Å². The van der Waals surface area contributed by atoms with Gasteiger partial charge in [-0.2, -0.15) is 0 Å². The van der Waals surface area contributed by atoms with Crippen LogP contribution in [0, 0.1) is 6.92 Å². The van der Waals surface area contributed by atoms with Crippen LogP contribution in [0.1, 0.15) is 30.9 Å². The Balaban J connectivity index is 0.00000288. The molecule has 1 atom stereocenters. The molecule has 4 nitrogen and oxygen atoms in total. The number of halogens is 1. The zero-order chi connectivity index (χ0) is 16.7. The second-order valence-corrected chi connectivity index (χ2v) is 6.51. The van der Waals surface area contributed by atoms with Crippen LogP contribution in [0.5, 0.6) is 0 Å². The van der Waals surface area contributed by atoms with Crippen molar-refractivity contribution in [2.24, 2.45) is 4.99 Å². The van der Waals surface area contributed by atoms with Crippen molar-refractivity contribution in [3.8, 4) is 0 Å². The average Bonchev–Trinajstić information content (AvgIpc) is 3.00. The van der Waals surface area contributed by atoms with E-state index in [2.05, 4.69) is 65.3 Å². The number of likely N-dealkylation sites (N-methyl/N-ethyl adjacent to an activating group) is 2. The van der Waals surface area contributed by atoms with Crippen molar-refractivity contribution in [1.29, 1.82) is 0 Å². The minimum atomic E-state index is 0. The molecule has 1 fully saturated rings. The molecule has 1 aliphatic heterocycles. The highest BCUT2D eigenvalue weighted by Gasteiger charge is 2.24. The molecule has 24 heavy (non-hydrogen) atoms. The third-order valence-electron chi connectivity index (χ3n) is 4.78. The van der Waals surface area contributed by atoms with Gasteiger partial charge >= 0.3 is 0 Å². The van der Waals surface area contributed by atoms with Crippen molar-refractivity contribution in [2.75, 3.05) is 40.3 Å². The molecule has 1 aromatic carbocycles. The largest absolute Gasteiger partial charge is 0.356 e. The minimum absolute atomic E-state index is 0. The predicted octanol–water partition coefficient (Wildman–Crippen LogP) is 3.15. The van der Waals surface area contributed by atoms with Crippen LogP contribution >= 0.6 is 24.0 Å². The maximum Gasteiger partial charge on any atom is 0.193 e. The zero-order valence-corrected chi connectivity index (χ0v) is 17.9. The van der Waals surface area contributed by atoms with Gasteiger partial charge in [-0.25, -0.2) is 0 Å². The highest BCUT2D eigenvalue weighted by molar-refractivity contribution is 14.0. The van der Waals surface area contributed by atoms with Crippen molar-refractivity contribution in [3.63, 3.8) is 0 Å². The lowest BCUT2D eigenvalue weighted by atomic mass is 10.1. The number of aliphatic imine (C=N–C) groups is 1. The van der Waals surface area contributed by atoms with Gasteiger partial charge in [0.05, 0.1) is 0 Å². The Hall–Kier alpha value is -0.820. The molecule has 0 aromatic heterocycles. The van der Waals surface area contributed by atoms with Gasteiger partial charge in [0, 0.05) is 33.2 Å². The lowest BCUT2D eigenvalue weighted by Gasteiger charge is -2.29. The molecule has 1 unspecified atom stereocenters. The minimum Gasteiger partial charge on any atom is -0.356 e. The fourth-order valence-corrected chi connectivity index (χ4v) is 3.38. The number of hydrogen-bond acceptors (Lipinski definition) is 2. The van der Waals surface area contributed by atoms with Gasteiger partial charge in [0.2, 0.25) is 0 Å². The Labute approximate surface area is 164 Å². The van der Waals surface area contributed by atoms with E-state index < -0.39 is 0 Å². The number of nitrogens with one attached hydrogen (secondary N) is 1. The van der Waals surface area contributed by atoms with Crippen molar-refractivity contribution in [1.82, 2.24) is 15.1 Å². The van der Waals surface area contributed by atoms with E-state index in [4.69, 9.17) is 0 Å². The highest BCUT2D eigenvalue weighted by Crippen LogP contribution is 2.17. The molecular formula is C19H33IN4. The normalized spacial score (nSPS) is 18.3. The van der Waals surface area contributed by atoms with E-state index in [1.165, 1.54) is 30.5 Å². The SMILES string of the molecule is CCN1CCCC1CN(C)C(=NC)NCCc1ccc(C)cc1.I. The lowest BCUT2D eigenvalue weighted by Crippen LogP contribution is -2.46. The van der Waals surface area contributed by atoms with Crippen molar-refractivity contribution < 1.29 is 0 Å². The number of aryl methyl sites for hydroxylation is 1. The molecule has 1 saturated heterocycles. The average molecular weight is 444 g/mol. The van der Waals surface area contributed by atoms with Crippen LogP contribution in [0.4, 0.5) is 0 Å². The predicted molar refractivity (Wildman–Crippen MR) is 115 cm³/mol. The molecule has 0 bridgehead atoms. The molecule has 1 aromatic rings. The summed E-state index contributed by atoms with van der Waals surface area (Å²) < 4.78 is 0. The fraction of sp³-hybridized carbons (Fsp3) is 0.632. The van der Waals surface area contributed by atoms with E-state index in [-0.39, 0.29) is 24.0 Å². The number of nitrogens with zero attached hydrogens (tertiary/aromatic N) is 3. The van der Waals surface area contributed by atoms with Gasteiger partial charge in [-0.1, -0.05) is 36.8 Å².